The Morgan fingerprint density at radius 3 is 2.38 bits per heavy atom. The van der Waals surface area contributed by atoms with Crippen LogP contribution in [0.25, 0.3) is 0 Å². The van der Waals surface area contributed by atoms with Gasteiger partial charge in [-0.3, -0.25) is 14.9 Å². The lowest BCUT2D eigenvalue weighted by Crippen LogP contribution is -2.23. The Hall–Kier alpha value is -1.90. The molecule has 0 saturated carbocycles. The molecule has 0 aromatic heterocycles. The van der Waals surface area contributed by atoms with E-state index in [0.29, 0.717) is 5.57 Å². The van der Waals surface area contributed by atoms with Gasteiger partial charge in [-0.2, -0.15) is 0 Å². The van der Waals surface area contributed by atoms with E-state index >= 15 is 0 Å². The van der Waals surface area contributed by atoms with Crippen molar-refractivity contribution in [3.63, 3.8) is 0 Å². The molecule has 3 heteroatoms. The minimum Gasteiger partial charge on any atom is -0.289 e. The van der Waals surface area contributed by atoms with E-state index in [9.17, 15) is 9.59 Å². The lowest BCUT2D eigenvalue weighted by Gasteiger charge is -2.14. The first-order valence-electron chi connectivity index (χ1n) is 5.34. The molecule has 1 aromatic rings. The SMILES string of the molecule is CCC(C1=CC(=O)NC1=O)c1ccccc1. The predicted molar refractivity (Wildman–Crippen MR) is 60.7 cm³/mol. The monoisotopic (exact) mass is 215 g/mol. The average molecular weight is 215 g/mol. The highest BCUT2D eigenvalue weighted by Crippen LogP contribution is 2.29. The third kappa shape index (κ3) is 1.89. The van der Waals surface area contributed by atoms with Crippen molar-refractivity contribution < 1.29 is 9.59 Å². The zero-order chi connectivity index (χ0) is 11.5. The van der Waals surface area contributed by atoms with Gasteiger partial charge >= 0.3 is 0 Å². The van der Waals surface area contributed by atoms with E-state index in [1.165, 1.54) is 6.08 Å². The summed E-state index contributed by atoms with van der Waals surface area (Å²) in [7, 11) is 0. The molecule has 1 atom stereocenters. The van der Waals surface area contributed by atoms with Crippen molar-refractivity contribution in [3.05, 3.63) is 47.5 Å². The molecular weight excluding hydrogens is 202 g/mol. The fourth-order valence-corrected chi connectivity index (χ4v) is 2.01. The zero-order valence-corrected chi connectivity index (χ0v) is 9.07. The van der Waals surface area contributed by atoms with Gasteiger partial charge in [0, 0.05) is 17.6 Å². The van der Waals surface area contributed by atoms with E-state index in [1.807, 2.05) is 37.3 Å². The Morgan fingerprint density at radius 2 is 1.88 bits per heavy atom. The summed E-state index contributed by atoms with van der Waals surface area (Å²) in [5.74, 6) is -0.567. The molecular formula is C13H13NO2. The number of carbonyl (C=O) groups is 2. The van der Waals surface area contributed by atoms with E-state index in [0.717, 1.165) is 12.0 Å². The first-order valence-corrected chi connectivity index (χ1v) is 5.34. The molecule has 16 heavy (non-hydrogen) atoms. The zero-order valence-electron chi connectivity index (χ0n) is 9.07. The maximum atomic E-state index is 11.6. The molecule has 1 aliphatic heterocycles. The molecule has 0 fully saturated rings. The summed E-state index contributed by atoms with van der Waals surface area (Å²) < 4.78 is 0. The minimum absolute atomic E-state index is 0.00708. The van der Waals surface area contributed by atoms with Gasteiger partial charge in [0.25, 0.3) is 11.8 Å². The quantitative estimate of drug-likeness (QED) is 0.781. The lowest BCUT2D eigenvalue weighted by molar-refractivity contribution is -0.123. The highest BCUT2D eigenvalue weighted by atomic mass is 16.2. The molecule has 1 aliphatic rings. The number of benzene rings is 1. The molecule has 1 unspecified atom stereocenters. The van der Waals surface area contributed by atoms with Gasteiger partial charge in [-0.1, -0.05) is 37.3 Å². The number of rotatable bonds is 3. The second-order valence-corrected chi connectivity index (χ2v) is 3.79. The van der Waals surface area contributed by atoms with Crippen LogP contribution in [0, 0.1) is 0 Å². The number of amides is 2. The van der Waals surface area contributed by atoms with Crippen LogP contribution in [-0.2, 0) is 9.59 Å². The Morgan fingerprint density at radius 1 is 1.19 bits per heavy atom. The number of hydrogen-bond acceptors (Lipinski definition) is 2. The number of imide groups is 1. The van der Waals surface area contributed by atoms with Crippen LogP contribution < -0.4 is 5.32 Å². The van der Waals surface area contributed by atoms with Crippen molar-refractivity contribution in [1.29, 1.82) is 0 Å². The normalized spacial score (nSPS) is 16.9. The van der Waals surface area contributed by atoms with Crippen LogP contribution >= 0.6 is 0 Å². The molecule has 2 amide bonds. The van der Waals surface area contributed by atoms with E-state index in [4.69, 9.17) is 0 Å². The van der Waals surface area contributed by atoms with Gasteiger partial charge in [-0.25, -0.2) is 0 Å². The number of nitrogens with one attached hydrogen (secondary N) is 1. The predicted octanol–water partition coefficient (Wildman–Crippen LogP) is 1.76. The van der Waals surface area contributed by atoms with Crippen LogP contribution in [0.3, 0.4) is 0 Å². The summed E-state index contributed by atoms with van der Waals surface area (Å²) in [4.78, 5) is 22.7. The van der Waals surface area contributed by atoms with Gasteiger partial charge in [-0.15, -0.1) is 0 Å². The highest BCUT2D eigenvalue weighted by molar-refractivity contribution is 6.16. The van der Waals surface area contributed by atoms with Crippen molar-refractivity contribution >= 4 is 11.8 Å². The Bertz CT molecular complexity index is 448. The largest absolute Gasteiger partial charge is 0.289 e. The smallest absolute Gasteiger partial charge is 0.254 e. The van der Waals surface area contributed by atoms with Gasteiger partial charge in [0.1, 0.15) is 0 Å². The minimum atomic E-state index is -0.311. The van der Waals surface area contributed by atoms with E-state index in [1.54, 1.807) is 0 Å². The topological polar surface area (TPSA) is 46.2 Å². The maximum Gasteiger partial charge on any atom is 0.254 e. The first-order chi connectivity index (χ1) is 7.72. The third-order valence-corrected chi connectivity index (χ3v) is 2.77. The van der Waals surface area contributed by atoms with Crippen LogP contribution in [0.2, 0.25) is 0 Å². The second-order valence-electron chi connectivity index (χ2n) is 3.79. The van der Waals surface area contributed by atoms with E-state index < -0.39 is 0 Å². The Balaban J connectivity index is 2.34. The van der Waals surface area contributed by atoms with Crippen LogP contribution in [0.5, 0.6) is 0 Å². The van der Waals surface area contributed by atoms with Crippen molar-refractivity contribution in [2.24, 2.45) is 0 Å². The van der Waals surface area contributed by atoms with Gasteiger partial charge in [-0.05, 0) is 12.0 Å². The molecule has 0 bridgehead atoms. The Labute approximate surface area is 94.2 Å². The molecule has 1 aromatic carbocycles. The fraction of sp³-hybridized carbons (Fsp3) is 0.231. The van der Waals surface area contributed by atoms with Crippen LogP contribution in [-0.4, -0.2) is 11.8 Å². The fourth-order valence-electron chi connectivity index (χ4n) is 2.01. The summed E-state index contributed by atoms with van der Waals surface area (Å²) in [6, 6.07) is 9.76. The summed E-state index contributed by atoms with van der Waals surface area (Å²) in [5, 5.41) is 2.28. The average Bonchev–Trinajstić information content (AvgIpc) is 2.61. The van der Waals surface area contributed by atoms with Crippen LogP contribution in [0.4, 0.5) is 0 Å². The number of hydrogen-bond donors (Lipinski definition) is 1. The molecule has 0 radical (unpaired) electrons. The van der Waals surface area contributed by atoms with Gasteiger partial charge < -0.3 is 0 Å². The van der Waals surface area contributed by atoms with Crippen molar-refractivity contribution in [2.45, 2.75) is 19.3 Å². The summed E-state index contributed by atoms with van der Waals surface area (Å²) in [6.45, 7) is 2.01. The first kappa shape index (κ1) is 10.6. The van der Waals surface area contributed by atoms with E-state index in [2.05, 4.69) is 5.32 Å². The van der Waals surface area contributed by atoms with Gasteiger partial charge in [0.15, 0.2) is 0 Å². The Kier molecular flexibility index (Phi) is 2.86. The lowest BCUT2D eigenvalue weighted by atomic mass is 9.89. The maximum absolute atomic E-state index is 11.6. The summed E-state index contributed by atoms with van der Waals surface area (Å²) in [6.07, 6.45) is 2.21. The molecule has 3 nitrogen and oxygen atoms in total. The molecule has 1 heterocycles. The van der Waals surface area contributed by atoms with Crippen LogP contribution in [0.15, 0.2) is 42.0 Å². The van der Waals surface area contributed by atoms with Gasteiger partial charge in [0.2, 0.25) is 0 Å². The highest BCUT2D eigenvalue weighted by Gasteiger charge is 2.27. The molecule has 1 N–H and O–H groups in total. The number of carbonyl (C=O) groups excluding carboxylic acids is 2. The van der Waals surface area contributed by atoms with Gasteiger partial charge in [0.05, 0.1) is 0 Å². The molecule has 0 saturated heterocycles. The molecule has 2 rings (SSSR count). The third-order valence-electron chi connectivity index (χ3n) is 2.77. The molecule has 0 spiro atoms. The van der Waals surface area contributed by atoms with Crippen molar-refractivity contribution in [2.75, 3.05) is 0 Å². The van der Waals surface area contributed by atoms with Crippen molar-refractivity contribution in [3.8, 4) is 0 Å². The molecule has 0 aliphatic carbocycles. The van der Waals surface area contributed by atoms with Crippen molar-refractivity contribution in [1.82, 2.24) is 5.32 Å². The van der Waals surface area contributed by atoms with Crippen LogP contribution in [0.1, 0.15) is 24.8 Å². The van der Waals surface area contributed by atoms with E-state index in [-0.39, 0.29) is 17.7 Å². The summed E-state index contributed by atoms with van der Waals surface area (Å²) in [5.41, 5.74) is 1.64. The second kappa shape index (κ2) is 4.31. The standard InChI is InChI=1S/C13H13NO2/c1-2-10(9-6-4-3-5-7-9)11-8-12(15)14-13(11)16/h3-8,10H,2H2,1H3,(H,14,15,16). The summed E-state index contributed by atoms with van der Waals surface area (Å²) >= 11 is 0. The molecule has 82 valence electrons.